The van der Waals surface area contributed by atoms with Crippen LogP contribution in [-0.4, -0.2) is 17.0 Å². The van der Waals surface area contributed by atoms with Crippen molar-refractivity contribution in [3.8, 4) is 0 Å². The van der Waals surface area contributed by atoms with E-state index in [1.165, 1.54) is 0 Å². The Morgan fingerprint density at radius 2 is 2.33 bits per heavy atom. The molecule has 0 saturated carbocycles. The second-order valence-electron chi connectivity index (χ2n) is 2.04. The minimum atomic E-state index is -3.75. The van der Waals surface area contributed by atoms with Crippen LogP contribution < -0.4 is 0 Å². The fourth-order valence-electron chi connectivity index (χ4n) is 0.449. The topological polar surface area (TPSA) is 72.8 Å². The molecule has 0 aromatic carbocycles. The third-order valence-electron chi connectivity index (χ3n) is 0.909. The third-order valence-corrected chi connectivity index (χ3v) is 2.23. The van der Waals surface area contributed by atoms with E-state index >= 15 is 0 Å². The van der Waals surface area contributed by atoms with Crippen LogP contribution in [0.5, 0.6) is 0 Å². The molecule has 0 aliphatic heterocycles. The normalized spacial score (nSPS) is 14.8. The van der Waals surface area contributed by atoms with Gasteiger partial charge in [-0.05, 0) is 6.42 Å². The molecule has 0 bridgehead atoms. The smallest absolute Gasteiger partial charge is 0.322 e. The van der Waals surface area contributed by atoms with Gasteiger partial charge in [0.25, 0.3) is 0 Å². The largest absolute Gasteiger partial charge is 0.366 e. The molecule has 0 amide bonds. The van der Waals surface area contributed by atoms with E-state index in [0.717, 1.165) is 6.08 Å². The molecule has 0 rings (SSSR count). The SMILES string of the molecule is C=CC(=O)OOP(=O)(O)CCC. The van der Waals surface area contributed by atoms with Gasteiger partial charge in [0, 0.05) is 6.08 Å². The summed E-state index contributed by atoms with van der Waals surface area (Å²) in [7, 11) is -3.75. The fourth-order valence-corrected chi connectivity index (χ4v) is 1.28. The highest BCUT2D eigenvalue weighted by atomic mass is 31.2. The Balaban J connectivity index is 3.83. The summed E-state index contributed by atoms with van der Waals surface area (Å²) in [5.74, 6) is -0.889. The second-order valence-corrected chi connectivity index (χ2v) is 3.91. The van der Waals surface area contributed by atoms with E-state index in [0.29, 0.717) is 6.42 Å². The molecule has 0 aromatic rings. The molecule has 1 N–H and O–H groups in total. The minimum absolute atomic E-state index is 0.0442. The number of hydrogen-bond donors (Lipinski definition) is 1. The molecule has 0 fully saturated rings. The summed E-state index contributed by atoms with van der Waals surface area (Å²) in [6, 6.07) is 0. The number of hydrogen-bond acceptors (Lipinski definition) is 4. The van der Waals surface area contributed by atoms with Crippen molar-refractivity contribution < 1.29 is 23.8 Å². The molecule has 5 nitrogen and oxygen atoms in total. The molecular weight excluding hydrogens is 183 g/mol. The lowest BCUT2D eigenvalue weighted by molar-refractivity contribution is -0.210. The van der Waals surface area contributed by atoms with Crippen LogP contribution in [0, 0.1) is 0 Å². The summed E-state index contributed by atoms with van der Waals surface area (Å²) < 4.78 is 14.9. The molecule has 0 heterocycles. The quantitative estimate of drug-likeness (QED) is 0.308. The van der Waals surface area contributed by atoms with Crippen molar-refractivity contribution in [1.82, 2.24) is 0 Å². The Morgan fingerprint density at radius 1 is 1.75 bits per heavy atom. The third kappa shape index (κ3) is 5.07. The van der Waals surface area contributed by atoms with E-state index in [2.05, 4.69) is 16.1 Å². The fraction of sp³-hybridized carbons (Fsp3) is 0.500. The van der Waals surface area contributed by atoms with Crippen molar-refractivity contribution in [1.29, 1.82) is 0 Å². The van der Waals surface area contributed by atoms with Crippen molar-refractivity contribution in [3.63, 3.8) is 0 Å². The lowest BCUT2D eigenvalue weighted by atomic mass is 10.6. The van der Waals surface area contributed by atoms with Crippen LogP contribution in [0.2, 0.25) is 0 Å². The summed E-state index contributed by atoms with van der Waals surface area (Å²) in [6.45, 7) is 4.79. The second kappa shape index (κ2) is 5.09. The average molecular weight is 194 g/mol. The van der Waals surface area contributed by atoms with Gasteiger partial charge in [0.05, 0.1) is 6.16 Å². The van der Waals surface area contributed by atoms with Crippen molar-refractivity contribution in [2.75, 3.05) is 6.16 Å². The molecule has 0 aliphatic carbocycles. The molecule has 6 heteroatoms. The van der Waals surface area contributed by atoms with Crippen LogP contribution >= 0.6 is 7.60 Å². The first-order chi connectivity index (χ1) is 5.52. The first kappa shape index (κ1) is 11.4. The van der Waals surface area contributed by atoms with Gasteiger partial charge < -0.3 is 4.89 Å². The molecular formula is C6H11O5P. The number of carbonyl (C=O) groups excluding carboxylic acids is 1. The van der Waals surface area contributed by atoms with Gasteiger partial charge in [-0.1, -0.05) is 18.2 Å². The van der Waals surface area contributed by atoms with Gasteiger partial charge in [-0.2, -0.15) is 0 Å². The molecule has 1 unspecified atom stereocenters. The minimum Gasteiger partial charge on any atom is -0.322 e. The van der Waals surface area contributed by atoms with E-state index < -0.39 is 13.6 Å². The molecule has 0 aliphatic rings. The Hall–Kier alpha value is -0.640. The van der Waals surface area contributed by atoms with E-state index in [9.17, 15) is 9.36 Å². The van der Waals surface area contributed by atoms with Crippen molar-refractivity contribution in [2.24, 2.45) is 0 Å². The number of carbonyl (C=O) groups is 1. The predicted octanol–water partition coefficient (Wildman–Crippen LogP) is 1.24. The highest BCUT2D eigenvalue weighted by Crippen LogP contribution is 2.42. The molecule has 70 valence electrons. The molecule has 1 atom stereocenters. The average Bonchev–Trinajstić information content (AvgIpc) is 2.00. The zero-order valence-electron chi connectivity index (χ0n) is 6.73. The van der Waals surface area contributed by atoms with Crippen molar-refractivity contribution in [3.05, 3.63) is 12.7 Å². The van der Waals surface area contributed by atoms with Crippen LogP contribution in [0.25, 0.3) is 0 Å². The lowest BCUT2D eigenvalue weighted by Gasteiger charge is -2.07. The van der Waals surface area contributed by atoms with Gasteiger partial charge in [0.2, 0.25) is 0 Å². The van der Waals surface area contributed by atoms with Gasteiger partial charge in [0.1, 0.15) is 0 Å². The van der Waals surface area contributed by atoms with Gasteiger partial charge in [-0.3, -0.25) is 9.45 Å². The van der Waals surface area contributed by atoms with E-state index in [4.69, 9.17) is 4.89 Å². The molecule has 0 spiro atoms. The first-order valence-electron chi connectivity index (χ1n) is 3.36. The molecule has 0 radical (unpaired) electrons. The number of rotatable bonds is 5. The van der Waals surface area contributed by atoms with E-state index in [-0.39, 0.29) is 6.16 Å². The maximum absolute atomic E-state index is 10.9. The van der Waals surface area contributed by atoms with Gasteiger partial charge >= 0.3 is 13.6 Å². The maximum Gasteiger partial charge on any atom is 0.366 e. The Kier molecular flexibility index (Phi) is 4.81. The summed E-state index contributed by atoms with van der Waals surface area (Å²) in [5.41, 5.74) is 0. The van der Waals surface area contributed by atoms with Crippen molar-refractivity contribution >= 4 is 13.6 Å². The van der Waals surface area contributed by atoms with Gasteiger partial charge in [-0.15, -0.1) is 0 Å². The highest BCUT2D eigenvalue weighted by molar-refractivity contribution is 7.52. The summed E-state index contributed by atoms with van der Waals surface area (Å²) in [4.78, 5) is 23.2. The summed E-state index contributed by atoms with van der Waals surface area (Å²) in [5, 5.41) is 0. The van der Waals surface area contributed by atoms with Gasteiger partial charge in [0.15, 0.2) is 0 Å². The molecule has 0 saturated heterocycles. The molecule has 0 aromatic heterocycles. The van der Waals surface area contributed by atoms with E-state index in [1.54, 1.807) is 6.92 Å². The monoisotopic (exact) mass is 194 g/mol. The zero-order valence-corrected chi connectivity index (χ0v) is 7.62. The highest BCUT2D eigenvalue weighted by Gasteiger charge is 2.20. The Bertz CT molecular complexity index is 212. The first-order valence-corrected chi connectivity index (χ1v) is 5.12. The Labute approximate surface area is 70.4 Å². The zero-order chi connectivity index (χ0) is 9.61. The van der Waals surface area contributed by atoms with Crippen LogP contribution in [0.1, 0.15) is 13.3 Å². The lowest BCUT2D eigenvalue weighted by Crippen LogP contribution is -2.01. The summed E-state index contributed by atoms with van der Waals surface area (Å²) >= 11 is 0. The van der Waals surface area contributed by atoms with Crippen LogP contribution in [0.3, 0.4) is 0 Å². The maximum atomic E-state index is 10.9. The van der Waals surface area contributed by atoms with Crippen molar-refractivity contribution in [2.45, 2.75) is 13.3 Å². The standard InChI is InChI=1S/C6H11O5P/c1-3-5-12(8,9)11-10-6(7)4-2/h4H,2-3,5H2,1H3,(H,8,9). The molecule has 12 heavy (non-hydrogen) atoms. The van der Waals surface area contributed by atoms with Crippen LogP contribution in [-0.2, 0) is 18.9 Å². The Morgan fingerprint density at radius 3 is 2.75 bits per heavy atom. The summed E-state index contributed by atoms with van der Waals surface area (Å²) in [6.07, 6.45) is 1.27. The van der Waals surface area contributed by atoms with Crippen LogP contribution in [0.15, 0.2) is 12.7 Å². The predicted molar refractivity (Wildman–Crippen MR) is 42.4 cm³/mol. The van der Waals surface area contributed by atoms with Gasteiger partial charge in [-0.25, -0.2) is 4.79 Å². The van der Waals surface area contributed by atoms with E-state index in [1.807, 2.05) is 0 Å². The van der Waals surface area contributed by atoms with Crippen LogP contribution in [0.4, 0.5) is 0 Å².